The quantitative estimate of drug-likeness (QED) is 0.474. The predicted octanol–water partition coefficient (Wildman–Crippen LogP) is 4.51. The molecule has 1 unspecified atom stereocenters. The molecule has 38 heavy (non-hydrogen) atoms. The topological polar surface area (TPSA) is 127 Å². The van der Waals surface area contributed by atoms with Crippen molar-refractivity contribution in [3.63, 3.8) is 0 Å². The molecule has 2 heterocycles. The minimum Gasteiger partial charge on any atom is -0.480 e. The van der Waals surface area contributed by atoms with Crippen molar-refractivity contribution in [3.8, 4) is 17.6 Å². The molecule has 0 bridgehead atoms. The lowest BCUT2D eigenvalue weighted by Crippen LogP contribution is -2.62. The molecule has 1 amide bonds. The third-order valence-corrected chi connectivity index (χ3v) is 6.94. The Labute approximate surface area is 227 Å². The van der Waals surface area contributed by atoms with Gasteiger partial charge in [0.05, 0.1) is 10.6 Å². The summed E-state index contributed by atoms with van der Waals surface area (Å²) >= 11 is 6.51. The normalized spacial score (nSPS) is 20.1. The average molecular weight is 538 g/mol. The molecule has 0 aliphatic carbocycles. The van der Waals surface area contributed by atoms with Gasteiger partial charge in [0.25, 0.3) is 5.91 Å². The maximum atomic E-state index is 13.0. The van der Waals surface area contributed by atoms with E-state index in [0.29, 0.717) is 34.7 Å². The Hall–Kier alpha value is -3.61. The van der Waals surface area contributed by atoms with E-state index in [4.69, 9.17) is 21.4 Å². The molecule has 1 fully saturated rings. The minimum atomic E-state index is -0.976. The Bertz CT molecular complexity index is 1300. The van der Waals surface area contributed by atoms with E-state index in [1.165, 1.54) is 5.01 Å². The van der Waals surface area contributed by atoms with Crippen LogP contribution in [0.1, 0.15) is 67.9 Å². The van der Waals surface area contributed by atoms with Crippen molar-refractivity contribution in [1.29, 1.82) is 5.26 Å². The number of nitrogens with zero attached hydrogens (tertiary/aromatic N) is 3. The fourth-order valence-corrected chi connectivity index (χ4v) is 5.75. The molecule has 0 spiro atoms. The highest BCUT2D eigenvalue weighted by atomic mass is 35.5. The van der Waals surface area contributed by atoms with E-state index in [0.717, 1.165) is 12.8 Å². The second-order valence-corrected chi connectivity index (χ2v) is 11.6. The Morgan fingerprint density at radius 1 is 1.21 bits per heavy atom. The number of carbonyl (C=O) groups is 2. The first-order chi connectivity index (χ1) is 17.9. The number of piperidine rings is 1. The summed E-state index contributed by atoms with van der Waals surface area (Å²) in [7, 11) is 0. The lowest BCUT2D eigenvalue weighted by atomic mass is 9.79. The third-order valence-electron chi connectivity index (χ3n) is 6.64. The van der Waals surface area contributed by atoms with E-state index < -0.39 is 5.97 Å². The Balaban J connectivity index is 1.48. The van der Waals surface area contributed by atoms with Crippen LogP contribution in [0, 0.1) is 11.3 Å². The van der Waals surface area contributed by atoms with E-state index in [-0.39, 0.29) is 40.5 Å². The van der Waals surface area contributed by atoms with Gasteiger partial charge in [0.15, 0.2) is 0 Å². The van der Waals surface area contributed by atoms with E-state index in [1.807, 2.05) is 0 Å². The largest absolute Gasteiger partial charge is 0.480 e. The molecule has 1 saturated heterocycles. The van der Waals surface area contributed by atoms with Crippen LogP contribution in [-0.2, 0) is 4.79 Å². The highest BCUT2D eigenvalue weighted by Gasteiger charge is 2.38. The van der Waals surface area contributed by atoms with Crippen LogP contribution < -0.4 is 15.4 Å². The van der Waals surface area contributed by atoms with Gasteiger partial charge in [-0.2, -0.15) is 10.4 Å². The van der Waals surface area contributed by atoms with Crippen LogP contribution in [0.5, 0.6) is 11.5 Å². The Kier molecular flexibility index (Phi) is 7.68. The molecule has 2 aliphatic heterocycles. The number of rotatable bonds is 7. The van der Waals surface area contributed by atoms with Crippen LogP contribution in [0.25, 0.3) is 0 Å². The van der Waals surface area contributed by atoms with E-state index in [9.17, 15) is 14.9 Å². The number of ether oxygens (including phenoxy) is 1. The number of nitriles is 1. The molecule has 1 atom stereocenters. The second kappa shape index (κ2) is 10.6. The number of hydrogen-bond acceptors (Lipinski definition) is 7. The van der Waals surface area contributed by atoms with Crippen LogP contribution in [0.3, 0.4) is 0 Å². The van der Waals surface area contributed by atoms with Crippen LogP contribution in [0.4, 0.5) is 0 Å². The molecule has 200 valence electrons. The van der Waals surface area contributed by atoms with Crippen molar-refractivity contribution in [2.24, 2.45) is 5.10 Å². The molecule has 10 heteroatoms. The summed E-state index contributed by atoms with van der Waals surface area (Å²) < 4.78 is 6.02. The van der Waals surface area contributed by atoms with Crippen molar-refractivity contribution in [2.45, 2.75) is 63.6 Å². The molecule has 2 aromatic carbocycles. The fourth-order valence-electron chi connectivity index (χ4n) is 5.53. The van der Waals surface area contributed by atoms with Gasteiger partial charge in [-0.1, -0.05) is 23.7 Å². The van der Waals surface area contributed by atoms with Crippen molar-refractivity contribution in [3.05, 3.63) is 58.1 Å². The molecule has 3 N–H and O–H groups in total. The highest BCUT2D eigenvalue weighted by Crippen LogP contribution is 2.36. The van der Waals surface area contributed by atoms with E-state index >= 15 is 0 Å². The van der Waals surface area contributed by atoms with E-state index in [1.54, 1.807) is 42.6 Å². The zero-order chi connectivity index (χ0) is 27.7. The third kappa shape index (κ3) is 6.44. The van der Waals surface area contributed by atoms with Crippen molar-refractivity contribution >= 4 is 29.7 Å². The van der Waals surface area contributed by atoms with Gasteiger partial charge in [-0.15, -0.1) is 0 Å². The van der Waals surface area contributed by atoms with Crippen LogP contribution in [0.15, 0.2) is 41.5 Å². The molecule has 4 rings (SSSR count). The van der Waals surface area contributed by atoms with Gasteiger partial charge < -0.3 is 20.5 Å². The van der Waals surface area contributed by atoms with Gasteiger partial charge in [-0.25, -0.2) is 0 Å². The smallest absolute Gasteiger partial charge is 0.324 e. The van der Waals surface area contributed by atoms with Gasteiger partial charge >= 0.3 is 5.97 Å². The lowest BCUT2D eigenvalue weighted by molar-refractivity contribution is -0.138. The van der Waals surface area contributed by atoms with Gasteiger partial charge in [0.1, 0.15) is 24.1 Å². The van der Waals surface area contributed by atoms with Crippen molar-refractivity contribution in [2.75, 3.05) is 13.1 Å². The highest BCUT2D eigenvalue weighted by molar-refractivity contribution is 6.32. The molecule has 2 aromatic rings. The molecular formula is C28H32ClN5O4. The number of benzene rings is 2. The summed E-state index contributed by atoms with van der Waals surface area (Å²) in [5, 5.41) is 31.5. The van der Waals surface area contributed by atoms with Crippen LogP contribution in [0.2, 0.25) is 5.02 Å². The Morgan fingerprint density at radius 3 is 2.55 bits per heavy atom. The van der Waals surface area contributed by atoms with Gasteiger partial charge in [-0.05, 0) is 70.4 Å². The van der Waals surface area contributed by atoms with E-state index in [2.05, 4.69) is 49.5 Å². The standard InChI is InChI=1S/C28H32ClN5O4/c1-27(2)11-19(12-28(3,4)33-27)32-26(37)17-8-9-24(22(29)10-17)38-23-7-5-6-20(21(23)13-30)18-14-31-34(15-18)16-25(35)36/h5-10,14,18-19,33H,11-12,15-16H2,1-4H3,(H,32,37)(H,35,36). The second-order valence-electron chi connectivity index (χ2n) is 11.2. The number of amides is 1. The molecule has 9 nitrogen and oxygen atoms in total. The van der Waals surface area contributed by atoms with Crippen molar-refractivity contribution in [1.82, 2.24) is 15.6 Å². The summed E-state index contributed by atoms with van der Waals surface area (Å²) in [6.07, 6.45) is 3.25. The number of carboxylic acids is 1. The zero-order valence-corrected chi connectivity index (χ0v) is 22.7. The zero-order valence-electron chi connectivity index (χ0n) is 21.9. The number of hydrogen-bond donors (Lipinski definition) is 3. The average Bonchev–Trinajstić information content (AvgIpc) is 3.25. The first-order valence-electron chi connectivity index (χ1n) is 12.5. The van der Waals surface area contributed by atoms with Gasteiger partial charge in [0, 0.05) is 41.4 Å². The van der Waals surface area contributed by atoms with Crippen LogP contribution >= 0.6 is 11.6 Å². The number of carbonyl (C=O) groups excluding carboxylic acids is 1. The first kappa shape index (κ1) is 27.4. The monoisotopic (exact) mass is 537 g/mol. The fraction of sp³-hybridized carbons (Fsp3) is 0.429. The van der Waals surface area contributed by atoms with Crippen LogP contribution in [-0.4, -0.2) is 58.4 Å². The predicted molar refractivity (Wildman–Crippen MR) is 145 cm³/mol. The minimum absolute atomic E-state index is 0.0231. The number of hydrazone groups is 1. The number of nitrogens with one attached hydrogen (secondary N) is 2. The number of carboxylic acid groups (broad SMARTS) is 1. The molecular weight excluding hydrogens is 506 g/mol. The lowest BCUT2D eigenvalue weighted by Gasteiger charge is -2.46. The molecule has 0 aromatic heterocycles. The molecule has 0 saturated carbocycles. The summed E-state index contributed by atoms with van der Waals surface area (Å²) in [5.41, 5.74) is 1.23. The number of aliphatic carboxylic acids is 1. The maximum absolute atomic E-state index is 13.0. The Morgan fingerprint density at radius 2 is 1.92 bits per heavy atom. The summed E-state index contributed by atoms with van der Waals surface area (Å²) in [6, 6.07) is 12.3. The SMILES string of the molecule is CC1(C)CC(NC(=O)c2ccc(Oc3cccc(C4C=NN(CC(=O)O)C4)c3C#N)c(Cl)c2)CC(C)(C)N1. The number of halogens is 1. The van der Waals surface area contributed by atoms with Gasteiger partial charge in [0.2, 0.25) is 0 Å². The summed E-state index contributed by atoms with van der Waals surface area (Å²) in [4.78, 5) is 24.0. The summed E-state index contributed by atoms with van der Waals surface area (Å²) in [5.74, 6) is -0.806. The van der Waals surface area contributed by atoms with Gasteiger partial charge in [-0.3, -0.25) is 14.6 Å². The molecule has 2 aliphatic rings. The first-order valence-corrected chi connectivity index (χ1v) is 12.8. The van der Waals surface area contributed by atoms with Crippen molar-refractivity contribution < 1.29 is 19.4 Å². The maximum Gasteiger partial charge on any atom is 0.324 e. The molecule has 0 radical (unpaired) electrons. The summed E-state index contributed by atoms with van der Waals surface area (Å²) in [6.45, 7) is 8.66.